The Kier molecular flexibility index (Phi) is 4.45. The average Bonchev–Trinajstić information content (AvgIpc) is 2.28. The van der Waals surface area contributed by atoms with Crippen LogP contribution in [0.3, 0.4) is 0 Å². The SMILES string of the molecule is C=CCN(CC=C)c1cc(F)cc(C=O)c1. The molecule has 2 nitrogen and oxygen atoms in total. The number of halogens is 1. The van der Waals surface area contributed by atoms with Crippen LogP contribution in [0.2, 0.25) is 0 Å². The summed E-state index contributed by atoms with van der Waals surface area (Å²) in [5.41, 5.74) is 0.982. The van der Waals surface area contributed by atoms with Crippen LogP contribution in [-0.4, -0.2) is 19.4 Å². The topological polar surface area (TPSA) is 20.3 Å². The lowest BCUT2D eigenvalue weighted by molar-refractivity contribution is 0.112. The summed E-state index contributed by atoms with van der Waals surface area (Å²) in [5.74, 6) is -0.419. The first-order valence-corrected chi connectivity index (χ1v) is 4.93. The fourth-order valence-corrected chi connectivity index (χ4v) is 1.44. The van der Waals surface area contributed by atoms with Gasteiger partial charge in [-0.15, -0.1) is 13.2 Å². The molecule has 0 spiro atoms. The van der Waals surface area contributed by atoms with Gasteiger partial charge in [0.1, 0.15) is 12.1 Å². The molecule has 0 atom stereocenters. The summed E-state index contributed by atoms with van der Waals surface area (Å²) in [7, 11) is 0. The summed E-state index contributed by atoms with van der Waals surface area (Å²) in [6, 6.07) is 4.24. The van der Waals surface area contributed by atoms with Gasteiger partial charge in [0.05, 0.1) is 0 Å². The second-order valence-electron chi connectivity index (χ2n) is 3.34. The molecule has 0 radical (unpaired) electrons. The number of benzene rings is 1. The monoisotopic (exact) mass is 219 g/mol. The number of nitrogens with zero attached hydrogens (tertiary/aromatic N) is 1. The van der Waals surface area contributed by atoms with Gasteiger partial charge in [-0.3, -0.25) is 4.79 Å². The summed E-state index contributed by atoms with van der Waals surface area (Å²) in [5, 5.41) is 0. The Hall–Kier alpha value is -1.90. The molecule has 0 aromatic heterocycles. The third kappa shape index (κ3) is 3.05. The Labute approximate surface area is 94.7 Å². The van der Waals surface area contributed by atoms with Gasteiger partial charge < -0.3 is 4.90 Å². The standard InChI is InChI=1S/C13H14FNO/c1-3-5-15(6-4-2)13-8-11(10-16)7-12(14)9-13/h3-4,7-10H,1-2,5-6H2. The second kappa shape index (κ2) is 5.85. The Balaban J connectivity index is 3.06. The van der Waals surface area contributed by atoms with Gasteiger partial charge in [0.25, 0.3) is 0 Å². The van der Waals surface area contributed by atoms with Gasteiger partial charge in [0, 0.05) is 24.3 Å². The normalized spacial score (nSPS) is 9.56. The molecule has 0 N–H and O–H groups in total. The Morgan fingerprint density at radius 3 is 2.31 bits per heavy atom. The van der Waals surface area contributed by atoms with Crippen molar-refractivity contribution in [3.05, 3.63) is 54.9 Å². The minimum absolute atomic E-state index is 0.327. The van der Waals surface area contributed by atoms with Crippen molar-refractivity contribution in [2.24, 2.45) is 0 Å². The number of hydrogen-bond acceptors (Lipinski definition) is 2. The smallest absolute Gasteiger partial charge is 0.150 e. The van der Waals surface area contributed by atoms with Gasteiger partial charge in [0.15, 0.2) is 0 Å². The molecule has 0 heterocycles. The molecule has 0 amide bonds. The maximum atomic E-state index is 13.2. The van der Waals surface area contributed by atoms with E-state index in [9.17, 15) is 9.18 Å². The summed E-state index contributed by atoms with van der Waals surface area (Å²) in [6.07, 6.45) is 4.07. The zero-order chi connectivity index (χ0) is 12.0. The average molecular weight is 219 g/mol. The van der Waals surface area contributed by atoms with Gasteiger partial charge >= 0.3 is 0 Å². The van der Waals surface area contributed by atoms with Crippen LogP contribution in [0.15, 0.2) is 43.5 Å². The number of anilines is 1. The lowest BCUT2D eigenvalue weighted by Gasteiger charge is -2.21. The van der Waals surface area contributed by atoms with Crippen molar-refractivity contribution in [1.29, 1.82) is 0 Å². The maximum Gasteiger partial charge on any atom is 0.150 e. The quantitative estimate of drug-likeness (QED) is 0.541. The van der Waals surface area contributed by atoms with E-state index in [0.717, 1.165) is 0 Å². The highest BCUT2D eigenvalue weighted by Crippen LogP contribution is 2.17. The van der Waals surface area contributed by atoms with Crippen LogP contribution in [0.4, 0.5) is 10.1 Å². The molecule has 0 saturated carbocycles. The summed E-state index contributed by atoms with van der Waals surface area (Å²) >= 11 is 0. The lowest BCUT2D eigenvalue weighted by atomic mass is 10.2. The zero-order valence-electron chi connectivity index (χ0n) is 9.03. The van der Waals surface area contributed by atoms with E-state index in [1.54, 1.807) is 18.2 Å². The zero-order valence-corrected chi connectivity index (χ0v) is 9.03. The maximum absolute atomic E-state index is 13.2. The first-order chi connectivity index (χ1) is 7.71. The van der Waals surface area contributed by atoms with Crippen molar-refractivity contribution >= 4 is 12.0 Å². The molecule has 1 aromatic carbocycles. The fraction of sp³-hybridized carbons (Fsp3) is 0.154. The molecule has 16 heavy (non-hydrogen) atoms. The van der Waals surface area contributed by atoms with E-state index in [4.69, 9.17) is 0 Å². The molecular formula is C13H14FNO. The summed E-state index contributed by atoms with van der Waals surface area (Å²) in [6.45, 7) is 8.42. The number of hydrogen-bond donors (Lipinski definition) is 0. The van der Waals surface area contributed by atoms with Crippen molar-refractivity contribution in [2.75, 3.05) is 18.0 Å². The third-order valence-corrected chi connectivity index (χ3v) is 2.11. The molecule has 0 aliphatic heterocycles. The van der Waals surface area contributed by atoms with E-state index in [2.05, 4.69) is 13.2 Å². The van der Waals surface area contributed by atoms with Gasteiger partial charge in [-0.25, -0.2) is 4.39 Å². The van der Waals surface area contributed by atoms with Crippen LogP contribution in [0.5, 0.6) is 0 Å². The molecule has 1 aromatic rings. The molecule has 1 rings (SSSR count). The number of aldehydes is 1. The molecule has 84 valence electrons. The third-order valence-electron chi connectivity index (χ3n) is 2.11. The van der Waals surface area contributed by atoms with Crippen LogP contribution in [-0.2, 0) is 0 Å². The van der Waals surface area contributed by atoms with E-state index >= 15 is 0 Å². The van der Waals surface area contributed by atoms with Crippen molar-refractivity contribution in [3.8, 4) is 0 Å². The van der Waals surface area contributed by atoms with E-state index < -0.39 is 5.82 Å². The molecule has 0 saturated heterocycles. The van der Waals surface area contributed by atoms with Crippen molar-refractivity contribution in [3.63, 3.8) is 0 Å². The minimum atomic E-state index is -0.419. The van der Waals surface area contributed by atoms with Crippen LogP contribution in [0.1, 0.15) is 10.4 Å². The highest BCUT2D eigenvalue weighted by molar-refractivity contribution is 5.77. The van der Waals surface area contributed by atoms with Crippen molar-refractivity contribution in [1.82, 2.24) is 0 Å². The van der Waals surface area contributed by atoms with Crippen LogP contribution in [0, 0.1) is 5.82 Å². The van der Waals surface area contributed by atoms with Crippen LogP contribution in [0.25, 0.3) is 0 Å². The minimum Gasteiger partial charge on any atom is -0.364 e. The van der Waals surface area contributed by atoms with Crippen molar-refractivity contribution in [2.45, 2.75) is 0 Å². The molecular weight excluding hydrogens is 205 g/mol. The number of carbonyl (C=O) groups is 1. The van der Waals surface area contributed by atoms with Crippen LogP contribution >= 0.6 is 0 Å². The van der Waals surface area contributed by atoms with Gasteiger partial charge in [0.2, 0.25) is 0 Å². The van der Waals surface area contributed by atoms with Gasteiger partial charge in [-0.05, 0) is 18.2 Å². The van der Waals surface area contributed by atoms with Gasteiger partial charge in [-0.1, -0.05) is 12.2 Å². The molecule has 0 bridgehead atoms. The Morgan fingerprint density at radius 1 is 1.19 bits per heavy atom. The van der Waals surface area contributed by atoms with Gasteiger partial charge in [-0.2, -0.15) is 0 Å². The molecule has 0 fully saturated rings. The van der Waals surface area contributed by atoms with E-state index in [1.807, 2.05) is 4.90 Å². The number of rotatable bonds is 6. The predicted molar refractivity (Wildman–Crippen MR) is 64.4 cm³/mol. The molecule has 0 unspecified atom stereocenters. The second-order valence-corrected chi connectivity index (χ2v) is 3.34. The molecule has 3 heteroatoms. The van der Waals surface area contributed by atoms with E-state index in [1.165, 1.54) is 12.1 Å². The van der Waals surface area contributed by atoms with E-state index in [-0.39, 0.29) is 0 Å². The largest absolute Gasteiger partial charge is 0.364 e. The highest BCUT2D eigenvalue weighted by Gasteiger charge is 2.06. The summed E-state index contributed by atoms with van der Waals surface area (Å²) in [4.78, 5) is 12.5. The molecule has 0 aliphatic carbocycles. The first-order valence-electron chi connectivity index (χ1n) is 4.93. The molecule has 0 aliphatic rings. The number of carbonyl (C=O) groups excluding carboxylic acids is 1. The Bertz CT molecular complexity index is 391. The highest BCUT2D eigenvalue weighted by atomic mass is 19.1. The Morgan fingerprint density at radius 2 is 1.81 bits per heavy atom. The lowest BCUT2D eigenvalue weighted by Crippen LogP contribution is -2.23. The van der Waals surface area contributed by atoms with E-state index in [0.29, 0.717) is 30.6 Å². The first kappa shape index (κ1) is 12.2. The fourth-order valence-electron chi connectivity index (χ4n) is 1.44. The summed E-state index contributed by atoms with van der Waals surface area (Å²) < 4.78 is 13.2. The van der Waals surface area contributed by atoms with Crippen molar-refractivity contribution < 1.29 is 9.18 Å². The van der Waals surface area contributed by atoms with Crippen LogP contribution < -0.4 is 4.90 Å². The predicted octanol–water partition coefficient (Wildman–Crippen LogP) is 2.82.